The molecule has 0 fully saturated rings. The third kappa shape index (κ3) is 3770. The summed E-state index contributed by atoms with van der Waals surface area (Å²) in [5, 5.41) is 29.3. The Kier molecular flexibility index (Phi) is 42.9. The predicted molar refractivity (Wildman–Crippen MR) is 66.7 cm³/mol. The van der Waals surface area contributed by atoms with Crippen LogP contribution in [0.25, 0.3) is 0 Å². The zero-order valence-corrected chi connectivity index (χ0v) is 15.4. The zero-order valence-electron chi connectivity index (χ0n) is 11.7. The summed E-state index contributed by atoms with van der Waals surface area (Å²) in [7, 11) is -10.7. The van der Waals surface area contributed by atoms with Gasteiger partial charge in [-0.15, -0.1) is 12.4 Å². The molecule has 0 saturated carbocycles. The van der Waals surface area contributed by atoms with Crippen LogP contribution in [0.1, 0.15) is 27.7 Å². The third-order valence-corrected chi connectivity index (χ3v) is 0. The first-order chi connectivity index (χ1) is 9.11. The van der Waals surface area contributed by atoms with E-state index in [1.807, 2.05) is 0 Å². The normalized spacial score (nSPS) is 9.00. The molecule has 0 N–H and O–H groups in total. The number of rotatable bonds is 0. The molecule has 0 heterocycles. The molecule has 0 radical (unpaired) electrons. The number of nitrogens with zero attached hydrogens (tertiary/aromatic N) is 4. The van der Waals surface area contributed by atoms with Crippen molar-refractivity contribution in [3.05, 3.63) is 0 Å². The fraction of sp³-hybridized carbons (Fsp3) is 0.500. The summed E-state index contributed by atoms with van der Waals surface area (Å²) in [5.74, 6) is 0. The molecule has 0 saturated heterocycles. The predicted octanol–water partition coefficient (Wildman–Crippen LogP) is 5.80. The van der Waals surface area contributed by atoms with Gasteiger partial charge in [-0.25, -0.2) is 0 Å². The molecule has 0 aromatic heterocycles. The summed E-state index contributed by atoms with van der Waals surface area (Å²) in [4.78, 5) is 0. The number of nitriles is 4. The Labute approximate surface area is 142 Å². The van der Waals surface area contributed by atoms with E-state index in [0.717, 1.165) is 0 Å². The molecule has 0 aromatic rings. The van der Waals surface area contributed by atoms with Gasteiger partial charge in [-0.2, -0.15) is 21.0 Å². The number of hydrogen-bond acceptors (Lipinski definition) is 5. The van der Waals surface area contributed by atoms with Gasteiger partial charge in [0.2, 0.25) is 0 Å². The van der Waals surface area contributed by atoms with E-state index in [4.69, 9.17) is 24.4 Å². The van der Waals surface area contributed by atoms with Crippen molar-refractivity contribution in [2.75, 3.05) is 0 Å². The molecule has 5 nitrogen and oxygen atoms in total. The Bertz CT molecular complexity index is 332. The molecule has 0 aliphatic heterocycles. The van der Waals surface area contributed by atoms with Crippen molar-refractivity contribution in [3.63, 3.8) is 0 Å². The molecule has 0 spiro atoms. The molecule has 0 atom stereocenters. The molecule has 132 valence electrons. The summed E-state index contributed by atoms with van der Waals surface area (Å²) in [6.07, 6.45) is 0. The molecule has 0 aliphatic rings. The van der Waals surface area contributed by atoms with E-state index in [-0.39, 0.29) is 12.4 Å². The van der Waals surface area contributed by atoms with Crippen LogP contribution in [0.5, 0.6) is 0 Å². The quantitative estimate of drug-likeness (QED) is 0.259. The van der Waals surface area contributed by atoms with E-state index in [0.29, 0.717) is 19.8 Å². The number of hydrogen-bond donors (Lipinski definition) is 0. The fourth-order valence-corrected chi connectivity index (χ4v) is 0. The summed E-state index contributed by atoms with van der Waals surface area (Å²) in [5.41, 5.74) is 0. The van der Waals surface area contributed by atoms with Crippen molar-refractivity contribution >= 4 is 20.2 Å². The van der Waals surface area contributed by atoms with Crippen molar-refractivity contribution in [1.29, 1.82) is 21.0 Å². The van der Waals surface area contributed by atoms with Crippen molar-refractivity contribution in [2.45, 2.75) is 27.7 Å². The van der Waals surface area contributed by atoms with Crippen molar-refractivity contribution < 1.29 is 48.4 Å². The third-order valence-electron chi connectivity index (χ3n) is 0. The fourth-order valence-electron chi connectivity index (χ4n) is 0. The van der Waals surface area contributed by atoms with Gasteiger partial charge in [-0.05, 0) is 0 Å². The molecular weight excluding hydrogens is 444 g/mol. The van der Waals surface area contributed by atoms with Gasteiger partial charge in [-0.1, -0.05) is 0 Å². The summed E-state index contributed by atoms with van der Waals surface area (Å²) < 4.78 is 67.5. The van der Waals surface area contributed by atoms with E-state index in [2.05, 4.69) is 0 Å². The Hall–Kier alpha value is -1.25. The summed E-state index contributed by atoms with van der Waals surface area (Å²) >= 11 is 0.700. The van der Waals surface area contributed by atoms with Crippen LogP contribution in [-0.4, -0.2) is 0 Å². The number of halogens is 7. The van der Waals surface area contributed by atoms with Crippen molar-refractivity contribution in [1.82, 2.24) is 0 Å². The van der Waals surface area contributed by atoms with Crippen LogP contribution in [0.15, 0.2) is 0 Å². The first kappa shape index (κ1) is 42.8. The second-order valence-corrected chi connectivity index (χ2v) is 3.77. The SMILES string of the molecule is CC#N.CC#N.CC#N.CC#N.Cl.F[P-](F)(F)(F)(F)F.[O]=[Mo]. The minimum atomic E-state index is -10.7. The molecule has 0 aromatic carbocycles. The Morgan fingerprint density at radius 3 is 0.636 bits per heavy atom. The molecule has 22 heavy (non-hydrogen) atoms. The van der Waals surface area contributed by atoms with E-state index in [1.54, 1.807) is 24.3 Å². The summed E-state index contributed by atoms with van der Waals surface area (Å²) in [6.45, 7) is 5.72. The average molecular weight is 458 g/mol. The van der Waals surface area contributed by atoms with E-state index in [9.17, 15) is 25.2 Å². The van der Waals surface area contributed by atoms with Gasteiger partial charge in [0.15, 0.2) is 0 Å². The van der Waals surface area contributed by atoms with Crippen LogP contribution >= 0.6 is 20.2 Å². The second kappa shape index (κ2) is 22.0. The molecule has 0 amide bonds. The zero-order chi connectivity index (χ0) is 19.2. The van der Waals surface area contributed by atoms with Gasteiger partial charge in [0.05, 0.1) is 24.3 Å². The van der Waals surface area contributed by atoms with Crippen LogP contribution in [0.2, 0.25) is 0 Å². The molecular formula is C8H13ClF6MoN4OP-. The van der Waals surface area contributed by atoms with Crippen LogP contribution < -0.4 is 0 Å². The van der Waals surface area contributed by atoms with Gasteiger partial charge in [0, 0.05) is 27.7 Å². The van der Waals surface area contributed by atoms with Crippen LogP contribution in [0.4, 0.5) is 25.2 Å². The topological polar surface area (TPSA) is 112 Å². The van der Waals surface area contributed by atoms with E-state index >= 15 is 0 Å². The van der Waals surface area contributed by atoms with Gasteiger partial charge < -0.3 is 0 Å². The Balaban J connectivity index is -0.0000000261. The molecule has 0 aliphatic carbocycles. The molecule has 0 bridgehead atoms. The standard InChI is InChI=1S/4C2H3N.ClH.F6P.Mo.O/c4*1-2-3;;1-7(2,3,4,5)6;;/h4*1H3;1H;;;/q;;;;;-1;;. The van der Waals surface area contributed by atoms with Gasteiger partial charge >= 0.3 is 56.2 Å². The molecule has 0 rings (SSSR count). The maximum absolute atomic E-state index is 10.7. The maximum atomic E-state index is 9.87. The van der Waals surface area contributed by atoms with E-state index < -0.39 is 7.81 Å². The molecule has 14 heteroatoms. The monoisotopic (exact) mass is 459 g/mol. The van der Waals surface area contributed by atoms with Crippen LogP contribution in [-0.2, 0) is 23.2 Å². The van der Waals surface area contributed by atoms with Crippen LogP contribution in [0.3, 0.4) is 0 Å². The van der Waals surface area contributed by atoms with Crippen LogP contribution in [0, 0.1) is 45.3 Å². The first-order valence-electron chi connectivity index (χ1n) is 4.08. The van der Waals surface area contributed by atoms with E-state index in [1.165, 1.54) is 27.7 Å². The average Bonchev–Trinajstić information content (AvgIpc) is 2.19. The van der Waals surface area contributed by atoms with Crippen molar-refractivity contribution in [2.24, 2.45) is 0 Å². The Morgan fingerprint density at radius 1 is 0.636 bits per heavy atom. The van der Waals surface area contributed by atoms with Gasteiger partial charge in [0.1, 0.15) is 0 Å². The first-order valence-corrected chi connectivity index (χ1v) is 6.92. The van der Waals surface area contributed by atoms with Gasteiger partial charge in [0.25, 0.3) is 0 Å². The second-order valence-electron chi connectivity index (χ2n) is 1.85. The molecule has 0 unspecified atom stereocenters. The Morgan fingerprint density at radius 2 is 0.636 bits per heavy atom. The van der Waals surface area contributed by atoms with Crippen molar-refractivity contribution in [3.8, 4) is 24.3 Å². The minimum absolute atomic E-state index is 0. The van der Waals surface area contributed by atoms with Gasteiger partial charge in [-0.3, -0.25) is 0 Å². The summed E-state index contributed by atoms with van der Waals surface area (Å²) in [6, 6.07) is 7.00.